The largest absolute Gasteiger partial charge is 0.379 e. The summed E-state index contributed by atoms with van der Waals surface area (Å²) in [5, 5.41) is 4.36. The van der Waals surface area contributed by atoms with Gasteiger partial charge in [-0.2, -0.15) is 0 Å². The van der Waals surface area contributed by atoms with E-state index in [0.717, 1.165) is 51.2 Å². The van der Waals surface area contributed by atoms with Crippen LogP contribution in [-0.2, 0) is 16.0 Å². The number of aryl methyl sites for hydroxylation is 1. The van der Waals surface area contributed by atoms with Crippen molar-refractivity contribution in [1.29, 1.82) is 0 Å². The molecule has 2 heterocycles. The maximum atomic E-state index is 12.8. The van der Waals surface area contributed by atoms with E-state index in [4.69, 9.17) is 4.74 Å². The maximum Gasteiger partial charge on any atom is 0.220 e. The minimum absolute atomic E-state index is 0.131. The zero-order valence-electron chi connectivity index (χ0n) is 17.5. The van der Waals surface area contributed by atoms with Gasteiger partial charge >= 0.3 is 0 Å². The Morgan fingerprint density at radius 1 is 1.07 bits per heavy atom. The van der Waals surface area contributed by atoms with E-state index >= 15 is 0 Å². The number of carbonyl (C=O) groups excluding carboxylic acids is 1. The van der Waals surface area contributed by atoms with Gasteiger partial charge < -0.3 is 15.0 Å². The quantitative estimate of drug-likeness (QED) is 0.570. The number of H-pyrrole nitrogens is 1. The molecule has 1 aliphatic rings. The summed E-state index contributed by atoms with van der Waals surface area (Å²) in [6, 6.07) is 18.9. The highest BCUT2D eigenvalue weighted by molar-refractivity contribution is 5.85. The van der Waals surface area contributed by atoms with Gasteiger partial charge in [0.05, 0.1) is 13.2 Å². The number of fused-ring (bicyclic) bond motifs is 1. The number of hydrogen-bond acceptors (Lipinski definition) is 3. The van der Waals surface area contributed by atoms with Gasteiger partial charge in [-0.3, -0.25) is 9.69 Å². The summed E-state index contributed by atoms with van der Waals surface area (Å²) in [6.45, 7) is 5.05. The Balaban J connectivity index is 1.39. The van der Waals surface area contributed by atoms with Crippen molar-refractivity contribution in [3.8, 4) is 0 Å². The van der Waals surface area contributed by atoms with Crippen molar-refractivity contribution in [3.05, 3.63) is 71.9 Å². The van der Waals surface area contributed by atoms with Gasteiger partial charge in [0, 0.05) is 49.7 Å². The number of nitrogens with zero attached hydrogens (tertiary/aromatic N) is 1. The number of amides is 1. The van der Waals surface area contributed by atoms with Crippen molar-refractivity contribution in [3.63, 3.8) is 0 Å². The topological polar surface area (TPSA) is 57.4 Å². The monoisotopic (exact) mass is 405 g/mol. The first kappa shape index (κ1) is 20.6. The highest BCUT2D eigenvalue weighted by Crippen LogP contribution is 2.31. The summed E-state index contributed by atoms with van der Waals surface area (Å²) in [7, 11) is 0. The first-order chi connectivity index (χ1) is 14.8. The average molecular weight is 406 g/mol. The van der Waals surface area contributed by atoms with Crippen LogP contribution >= 0.6 is 0 Å². The third-order valence-electron chi connectivity index (χ3n) is 5.97. The average Bonchev–Trinajstić information content (AvgIpc) is 3.22. The lowest BCUT2D eigenvalue weighted by Crippen LogP contribution is -2.41. The highest BCUT2D eigenvalue weighted by Gasteiger charge is 2.20. The Hall–Kier alpha value is -2.63. The first-order valence-corrected chi connectivity index (χ1v) is 11.0. The van der Waals surface area contributed by atoms with Crippen molar-refractivity contribution in [2.24, 2.45) is 0 Å². The van der Waals surface area contributed by atoms with E-state index in [1.54, 1.807) is 0 Å². The highest BCUT2D eigenvalue weighted by atomic mass is 16.5. The Bertz CT molecular complexity index is 932. The molecule has 1 aromatic heterocycles. The van der Waals surface area contributed by atoms with Crippen molar-refractivity contribution in [1.82, 2.24) is 15.2 Å². The molecule has 1 aliphatic heterocycles. The van der Waals surface area contributed by atoms with Crippen LogP contribution in [0.3, 0.4) is 0 Å². The second-order valence-electron chi connectivity index (χ2n) is 8.02. The number of nitrogens with one attached hydrogen (secondary N) is 2. The lowest BCUT2D eigenvalue weighted by atomic mass is 9.89. The minimum Gasteiger partial charge on any atom is -0.379 e. The molecule has 158 valence electrons. The number of hydrogen-bond donors (Lipinski definition) is 2. The van der Waals surface area contributed by atoms with Crippen LogP contribution in [0.1, 0.15) is 29.9 Å². The van der Waals surface area contributed by atoms with E-state index in [0.29, 0.717) is 13.0 Å². The van der Waals surface area contributed by atoms with Crippen LogP contribution < -0.4 is 5.32 Å². The molecule has 0 radical (unpaired) electrons. The van der Waals surface area contributed by atoms with Gasteiger partial charge in [0.2, 0.25) is 5.91 Å². The van der Waals surface area contributed by atoms with Gasteiger partial charge in [-0.15, -0.1) is 0 Å². The van der Waals surface area contributed by atoms with Crippen LogP contribution in [-0.4, -0.2) is 55.2 Å². The number of rotatable bonds is 9. The van der Waals surface area contributed by atoms with Crippen LogP contribution in [0.5, 0.6) is 0 Å². The lowest BCUT2D eigenvalue weighted by molar-refractivity contribution is -0.121. The molecule has 5 nitrogen and oxygen atoms in total. The minimum atomic E-state index is 0.131. The van der Waals surface area contributed by atoms with Gasteiger partial charge in [-0.25, -0.2) is 0 Å². The molecule has 2 N–H and O–H groups in total. The molecule has 0 saturated carbocycles. The maximum absolute atomic E-state index is 12.8. The molecule has 0 spiro atoms. The second kappa shape index (κ2) is 10.4. The Labute approximate surface area is 178 Å². The van der Waals surface area contributed by atoms with Crippen molar-refractivity contribution in [2.75, 3.05) is 39.4 Å². The van der Waals surface area contributed by atoms with E-state index in [-0.39, 0.29) is 11.8 Å². The number of aromatic nitrogens is 1. The number of morpholine rings is 1. The zero-order valence-corrected chi connectivity index (χ0v) is 17.5. The summed E-state index contributed by atoms with van der Waals surface area (Å²) in [6.07, 6.45) is 4.51. The van der Waals surface area contributed by atoms with Gasteiger partial charge in [0.15, 0.2) is 0 Å². The number of benzene rings is 2. The fourth-order valence-electron chi connectivity index (χ4n) is 4.26. The van der Waals surface area contributed by atoms with Gasteiger partial charge in [-0.1, -0.05) is 48.5 Å². The zero-order chi connectivity index (χ0) is 20.6. The molecule has 0 unspecified atom stereocenters. The molecule has 0 aliphatic carbocycles. The molecule has 1 fully saturated rings. The first-order valence-electron chi connectivity index (χ1n) is 11.0. The third-order valence-corrected chi connectivity index (χ3v) is 5.97. The lowest BCUT2D eigenvalue weighted by Gasteiger charge is -2.26. The summed E-state index contributed by atoms with van der Waals surface area (Å²) in [5.74, 6) is 0.316. The summed E-state index contributed by atoms with van der Waals surface area (Å²) in [5.41, 5.74) is 3.69. The smallest absolute Gasteiger partial charge is 0.220 e. The van der Waals surface area contributed by atoms with Crippen molar-refractivity contribution < 1.29 is 9.53 Å². The van der Waals surface area contributed by atoms with Crippen LogP contribution in [0.2, 0.25) is 0 Å². The predicted molar refractivity (Wildman–Crippen MR) is 121 cm³/mol. The molecule has 5 heteroatoms. The van der Waals surface area contributed by atoms with Gasteiger partial charge in [0.1, 0.15) is 0 Å². The Morgan fingerprint density at radius 3 is 2.67 bits per heavy atom. The van der Waals surface area contributed by atoms with Gasteiger partial charge in [-0.05, 0) is 36.0 Å². The van der Waals surface area contributed by atoms with E-state index in [1.165, 1.54) is 16.5 Å². The predicted octanol–water partition coefficient (Wildman–Crippen LogP) is 3.72. The standard InChI is InChI=1S/C25H31N3O2/c29-25(26-12-13-28-14-16-30-17-15-28)18-21(11-10-20-6-2-1-3-7-20)23-19-27-24-9-5-4-8-22(23)24/h1-9,19,21,27H,10-18H2,(H,26,29)/t21-/m1/s1. The van der Waals surface area contributed by atoms with Crippen molar-refractivity contribution >= 4 is 16.8 Å². The number of ether oxygens (including phenoxy) is 1. The Morgan fingerprint density at radius 2 is 1.83 bits per heavy atom. The van der Waals surface area contributed by atoms with Crippen molar-refractivity contribution in [2.45, 2.75) is 25.2 Å². The SMILES string of the molecule is O=C(C[C@@H](CCc1ccccc1)c1c[nH]c2ccccc12)NCCN1CCOCC1. The molecule has 2 aromatic carbocycles. The fraction of sp³-hybridized carbons (Fsp3) is 0.400. The molecule has 4 rings (SSSR count). The number of carbonyl (C=O) groups is 1. The van der Waals surface area contributed by atoms with Gasteiger partial charge in [0.25, 0.3) is 0 Å². The van der Waals surface area contributed by atoms with Crippen LogP contribution in [0.15, 0.2) is 60.8 Å². The summed E-state index contributed by atoms with van der Waals surface area (Å²) >= 11 is 0. The van der Waals surface area contributed by atoms with E-state index in [9.17, 15) is 4.79 Å². The molecule has 0 bridgehead atoms. The molecule has 30 heavy (non-hydrogen) atoms. The second-order valence-corrected chi connectivity index (χ2v) is 8.02. The Kier molecular flexibility index (Phi) is 7.16. The summed E-state index contributed by atoms with van der Waals surface area (Å²) in [4.78, 5) is 18.5. The molecular formula is C25H31N3O2. The van der Waals surface area contributed by atoms with E-state index in [2.05, 4.69) is 63.9 Å². The summed E-state index contributed by atoms with van der Waals surface area (Å²) < 4.78 is 5.39. The van der Waals surface area contributed by atoms with Crippen LogP contribution in [0.4, 0.5) is 0 Å². The molecular weight excluding hydrogens is 374 g/mol. The molecule has 3 aromatic rings. The molecule has 1 saturated heterocycles. The van der Waals surface area contributed by atoms with Crippen LogP contribution in [0, 0.1) is 0 Å². The van der Waals surface area contributed by atoms with Crippen LogP contribution in [0.25, 0.3) is 10.9 Å². The molecule has 1 atom stereocenters. The number of aromatic amines is 1. The number of para-hydroxylation sites is 1. The molecule has 1 amide bonds. The van der Waals surface area contributed by atoms with E-state index in [1.807, 2.05) is 12.1 Å². The van der Waals surface area contributed by atoms with E-state index < -0.39 is 0 Å². The normalized spacial score (nSPS) is 15.9. The fourth-order valence-corrected chi connectivity index (χ4v) is 4.26. The third kappa shape index (κ3) is 5.49.